The smallest absolute Gasteiger partial charge is 0.129 e. The Morgan fingerprint density at radius 2 is 2.04 bits per heavy atom. The molecular weight excluding hydrogens is 345 g/mol. The number of nitrogens with zero attached hydrogens (tertiary/aromatic N) is 2. The molecule has 1 saturated heterocycles. The molecule has 0 amide bonds. The third-order valence-electron chi connectivity index (χ3n) is 5.12. The summed E-state index contributed by atoms with van der Waals surface area (Å²) in [6.07, 6.45) is 4.07. The number of rotatable bonds is 6. The average molecular weight is 369 g/mol. The quantitative estimate of drug-likeness (QED) is 0.702. The van der Waals surface area contributed by atoms with Crippen LogP contribution in [-0.4, -0.2) is 35.3 Å². The Morgan fingerprint density at radius 3 is 2.85 bits per heavy atom. The normalized spacial score (nSPS) is 18.1. The summed E-state index contributed by atoms with van der Waals surface area (Å²) in [5.41, 5.74) is 3.18. The van der Waals surface area contributed by atoms with Crippen molar-refractivity contribution in [3.05, 3.63) is 65.6 Å². The highest BCUT2D eigenvalue weighted by molar-refractivity contribution is 5.65. The third-order valence-corrected chi connectivity index (χ3v) is 5.12. The lowest BCUT2D eigenvalue weighted by Gasteiger charge is -2.32. The summed E-state index contributed by atoms with van der Waals surface area (Å²) in [7, 11) is 1.67. The second-order valence-electron chi connectivity index (χ2n) is 7.08. The van der Waals surface area contributed by atoms with Crippen molar-refractivity contribution in [2.45, 2.75) is 31.9 Å². The van der Waals surface area contributed by atoms with Crippen LogP contribution in [-0.2, 0) is 17.9 Å². The van der Waals surface area contributed by atoms with Crippen molar-refractivity contribution in [1.29, 1.82) is 0 Å². The lowest BCUT2D eigenvalue weighted by atomic mass is 9.90. The van der Waals surface area contributed by atoms with E-state index in [1.54, 1.807) is 7.11 Å². The molecule has 2 aromatic heterocycles. The van der Waals surface area contributed by atoms with Crippen molar-refractivity contribution in [2.75, 3.05) is 20.2 Å². The predicted molar refractivity (Wildman–Crippen MR) is 101 cm³/mol. The molecule has 3 heterocycles. The monoisotopic (exact) mass is 369 g/mol. The zero-order chi connectivity index (χ0) is 18.6. The molecule has 3 aromatic rings. The number of ether oxygens (including phenoxy) is 1. The van der Waals surface area contributed by atoms with Crippen molar-refractivity contribution in [3.8, 4) is 11.1 Å². The molecule has 1 aliphatic heterocycles. The van der Waals surface area contributed by atoms with Crippen LogP contribution in [0.5, 0.6) is 0 Å². The number of methoxy groups -OCH3 is 1. The molecule has 4 rings (SSSR count). The fraction of sp³-hybridized carbons (Fsp3) is 0.381. The molecule has 0 radical (unpaired) electrons. The molecule has 0 bridgehead atoms. The molecule has 1 unspecified atom stereocenters. The van der Waals surface area contributed by atoms with E-state index in [0.717, 1.165) is 60.8 Å². The van der Waals surface area contributed by atoms with Gasteiger partial charge in [-0.1, -0.05) is 12.1 Å². The zero-order valence-electron chi connectivity index (χ0n) is 15.5. The first-order chi connectivity index (χ1) is 13.2. The summed E-state index contributed by atoms with van der Waals surface area (Å²) in [5.74, 6) is 1.97. The molecule has 0 saturated carbocycles. The summed E-state index contributed by atoms with van der Waals surface area (Å²) in [6.45, 7) is 3.28. The summed E-state index contributed by atoms with van der Waals surface area (Å²) >= 11 is 0. The minimum atomic E-state index is -0.223. The SMILES string of the molecule is COCc1ccc(CN2CCCC(c3[nH]ncc3-c3ccc(F)cc3)C2)o1. The van der Waals surface area contributed by atoms with Crippen LogP contribution in [0.3, 0.4) is 0 Å². The maximum absolute atomic E-state index is 13.2. The van der Waals surface area contributed by atoms with Crippen molar-refractivity contribution in [3.63, 3.8) is 0 Å². The molecule has 1 fully saturated rings. The molecule has 27 heavy (non-hydrogen) atoms. The van der Waals surface area contributed by atoms with Crippen LogP contribution in [0.2, 0.25) is 0 Å². The van der Waals surface area contributed by atoms with Gasteiger partial charge < -0.3 is 9.15 Å². The number of likely N-dealkylation sites (tertiary alicyclic amines) is 1. The van der Waals surface area contributed by atoms with Crippen LogP contribution >= 0.6 is 0 Å². The van der Waals surface area contributed by atoms with Crippen LogP contribution in [0.15, 0.2) is 47.0 Å². The van der Waals surface area contributed by atoms with Gasteiger partial charge in [-0.25, -0.2) is 4.39 Å². The molecule has 6 heteroatoms. The fourth-order valence-corrected chi connectivity index (χ4v) is 3.85. The Balaban J connectivity index is 1.47. The van der Waals surface area contributed by atoms with E-state index in [4.69, 9.17) is 9.15 Å². The van der Waals surface area contributed by atoms with E-state index >= 15 is 0 Å². The van der Waals surface area contributed by atoms with Crippen molar-refractivity contribution in [1.82, 2.24) is 15.1 Å². The minimum absolute atomic E-state index is 0.223. The van der Waals surface area contributed by atoms with Gasteiger partial charge in [-0.3, -0.25) is 10.00 Å². The van der Waals surface area contributed by atoms with Gasteiger partial charge in [0.25, 0.3) is 0 Å². The van der Waals surface area contributed by atoms with E-state index in [2.05, 4.69) is 15.1 Å². The topological polar surface area (TPSA) is 54.3 Å². The van der Waals surface area contributed by atoms with Gasteiger partial charge in [-0.05, 0) is 49.2 Å². The van der Waals surface area contributed by atoms with Crippen molar-refractivity contribution < 1.29 is 13.5 Å². The van der Waals surface area contributed by atoms with Crippen molar-refractivity contribution in [2.24, 2.45) is 0 Å². The number of hydrogen-bond donors (Lipinski definition) is 1. The van der Waals surface area contributed by atoms with Crippen LogP contribution in [0.25, 0.3) is 11.1 Å². The summed E-state index contributed by atoms with van der Waals surface area (Å²) < 4.78 is 24.2. The highest BCUT2D eigenvalue weighted by Gasteiger charge is 2.25. The van der Waals surface area contributed by atoms with Crippen LogP contribution in [0, 0.1) is 5.82 Å². The first kappa shape index (κ1) is 17.9. The van der Waals surface area contributed by atoms with Gasteiger partial charge in [0.1, 0.15) is 23.9 Å². The second kappa shape index (κ2) is 8.06. The minimum Gasteiger partial charge on any atom is -0.462 e. The molecule has 1 N–H and O–H groups in total. The van der Waals surface area contributed by atoms with Gasteiger partial charge in [0.2, 0.25) is 0 Å². The molecule has 1 aliphatic rings. The number of aromatic nitrogens is 2. The molecule has 142 valence electrons. The second-order valence-corrected chi connectivity index (χ2v) is 7.08. The van der Waals surface area contributed by atoms with E-state index in [-0.39, 0.29) is 5.82 Å². The standard InChI is InChI=1S/C21H24FN3O2/c1-26-14-19-9-8-18(27-19)13-25-10-2-3-16(12-25)21-20(11-23-24-21)15-4-6-17(22)7-5-15/h4-9,11,16H,2-3,10,12-14H2,1H3,(H,23,24). The molecule has 0 aliphatic carbocycles. The zero-order valence-corrected chi connectivity index (χ0v) is 15.5. The Hall–Kier alpha value is -2.44. The van der Waals surface area contributed by atoms with Gasteiger partial charge >= 0.3 is 0 Å². The van der Waals surface area contributed by atoms with Crippen molar-refractivity contribution >= 4 is 0 Å². The maximum Gasteiger partial charge on any atom is 0.129 e. The van der Waals surface area contributed by atoms with E-state index in [1.165, 1.54) is 12.1 Å². The predicted octanol–water partition coefficient (Wildman–Crippen LogP) is 4.33. The number of nitrogens with one attached hydrogen (secondary N) is 1. The average Bonchev–Trinajstić information content (AvgIpc) is 3.33. The van der Waals surface area contributed by atoms with Crippen LogP contribution in [0.4, 0.5) is 4.39 Å². The van der Waals surface area contributed by atoms with Gasteiger partial charge in [-0.15, -0.1) is 0 Å². The Labute approximate surface area is 158 Å². The molecule has 1 atom stereocenters. The van der Waals surface area contributed by atoms with Gasteiger partial charge in [0.05, 0.1) is 12.7 Å². The Kier molecular flexibility index (Phi) is 5.36. The number of H-pyrrole nitrogens is 1. The number of piperidine rings is 1. The van der Waals surface area contributed by atoms with E-state index in [0.29, 0.717) is 12.5 Å². The number of hydrogen-bond acceptors (Lipinski definition) is 4. The first-order valence-corrected chi connectivity index (χ1v) is 9.31. The highest BCUT2D eigenvalue weighted by atomic mass is 19.1. The Bertz CT molecular complexity index is 872. The summed E-state index contributed by atoms with van der Waals surface area (Å²) in [4.78, 5) is 2.42. The fourth-order valence-electron chi connectivity index (χ4n) is 3.85. The number of aromatic amines is 1. The molecule has 1 aromatic carbocycles. The van der Waals surface area contributed by atoms with Gasteiger partial charge in [0.15, 0.2) is 0 Å². The number of furan rings is 1. The maximum atomic E-state index is 13.2. The number of benzene rings is 1. The van der Waals surface area contributed by atoms with E-state index in [1.807, 2.05) is 30.5 Å². The molecular formula is C21H24FN3O2. The first-order valence-electron chi connectivity index (χ1n) is 9.31. The van der Waals surface area contributed by atoms with Gasteiger partial charge in [0, 0.05) is 30.8 Å². The van der Waals surface area contributed by atoms with Crippen LogP contribution in [0.1, 0.15) is 36.0 Å². The summed E-state index contributed by atoms with van der Waals surface area (Å²) in [6, 6.07) is 10.6. The highest BCUT2D eigenvalue weighted by Crippen LogP contribution is 2.33. The molecule has 0 spiro atoms. The number of halogens is 1. The van der Waals surface area contributed by atoms with Gasteiger partial charge in [-0.2, -0.15) is 5.10 Å². The lowest BCUT2D eigenvalue weighted by Crippen LogP contribution is -2.34. The summed E-state index contributed by atoms with van der Waals surface area (Å²) in [5, 5.41) is 7.44. The third kappa shape index (κ3) is 4.12. The van der Waals surface area contributed by atoms with Crippen LogP contribution < -0.4 is 0 Å². The molecule has 5 nitrogen and oxygen atoms in total. The van der Waals surface area contributed by atoms with E-state index < -0.39 is 0 Å². The lowest BCUT2D eigenvalue weighted by molar-refractivity contribution is 0.153. The largest absolute Gasteiger partial charge is 0.462 e. The Morgan fingerprint density at radius 1 is 1.22 bits per heavy atom. The van der Waals surface area contributed by atoms with E-state index in [9.17, 15) is 4.39 Å².